The van der Waals surface area contributed by atoms with E-state index < -0.39 is 17.5 Å². The van der Waals surface area contributed by atoms with E-state index in [2.05, 4.69) is 15.4 Å². The fraction of sp³-hybridized carbons (Fsp3) is 0.0500. The molecule has 0 spiro atoms. The average molecular weight is 412 g/mol. The van der Waals surface area contributed by atoms with E-state index in [1.165, 1.54) is 0 Å². The lowest BCUT2D eigenvalue weighted by Gasteiger charge is -2.03. The van der Waals surface area contributed by atoms with Crippen molar-refractivity contribution in [3.63, 3.8) is 0 Å². The second-order valence-corrected chi connectivity index (χ2v) is 6.82. The Labute approximate surface area is 168 Å². The number of halogens is 2. The number of hydrogen-bond acceptors (Lipinski definition) is 5. The fourth-order valence-electron chi connectivity index (χ4n) is 2.63. The standard InChI is InChI=1S/C20H14F2N4O2S/c1-28-14-5-3-13(4-6-14)26-9-8-17(25-26)19(27)24-20-23-18(11-29-20)15-10-12(21)2-7-16(15)22/h2-11H,1H3,(H,23,24,27). The molecule has 2 aromatic heterocycles. The summed E-state index contributed by atoms with van der Waals surface area (Å²) < 4.78 is 33.9. The molecule has 0 aliphatic rings. The van der Waals surface area contributed by atoms with Crippen molar-refractivity contribution in [1.29, 1.82) is 0 Å². The normalized spacial score (nSPS) is 10.7. The van der Waals surface area contributed by atoms with E-state index in [1.807, 2.05) is 12.1 Å². The fourth-order valence-corrected chi connectivity index (χ4v) is 3.34. The molecule has 0 bridgehead atoms. The zero-order valence-corrected chi connectivity index (χ0v) is 15.9. The molecular weight excluding hydrogens is 398 g/mol. The number of rotatable bonds is 5. The molecular formula is C20H14F2N4O2S. The van der Waals surface area contributed by atoms with Crippen molar-refractivity contribution in [3.05, 3.63) is 77.4 Å². The Balaban J connectivity index is 1.49. The van der Waals surface area contributed by atoms with E-state index in [4.69, 9.17) is 4.74 Å². The first-order valence-electron chi connectivity index (χ1n) is 8.46. The van der Waals surface area contributed by atoms with Crippen molar-refractivity contribution < 1.29 is 18.3 Å². The largest absolute Gasteiger partial charge is 0.497 e. The molecule has 1 amide bonds. The number of thiazole rings is 1. The Hall–Kier alpha value is -3.59. The number of methoxy groups -OCH3 is 1. The molecule has 1 N–H and O–H groups in total. The van der Waals surface area contributed by atoms with Crippen LogP contribution in [0.15, 0.2) is 60.1 Å². The number of anilines is 1. The van der Waals surface area contributed by atoms with Crippen LogP contribution in [0.1, 0.15) is 10.5 Å². The Morgan fingerprint density at radius 1 is 1.14 bits per heavy atom. The second kappa shape index (κ2) is 7.80. The van der Waals surface area contributed by atoms with Crippen LogP contribution in [0.25, 0.3) is 16.9 Å². The van der Waals surface area contributed by atoms with E-state index >= 15 is 0 Å². The number of nitrogens with zero attached hydrogens (tertiary/aromatic N) is 3. The summed E-state index contributed by atoms with van der Waals surface area (Å²) in [6.45, 7) is 0. The molecule has 0 radical (unpaired) electrons. The first kappa shape index (κ1) is 18.8. The zero-order valence-electron chi connectivity index (χ0n) is 15.1. The lowest BCUT2D eigenvalue weighted by molar-refractivity contribution is 0.102. The minimum atomic E-state index is -0.590. The molecule has 0 atom stereocenters. The highest BCUT2D eigenvalue weighted by Gasteiger charge is 2.15. The number of nitrogens with one attached hydrogen (secondary N) is 1. The number of benzene rings is 2. The van der Waals surface area contributed by atoms with Crippen LogP contribution in [-0.4, -0.2) is 27.8 Å². The van der Waals surface area contributed by atoms with Crippen molar-refractivity contribution in [3.8, 4) is 22.7 Å². The Morgan fingerprint density at radius 2 is 1.93 bits per heavy atom. The summed E-state index contributed by atoms with van der Waals surface area (Å²) in [7, 11) is 1.58. The first-order chi connectivity index (χ1) is 14.0. The monoisotopic (exact) mass is 412 g/mol. The van der Waals surface area contributed by atoms with E-state index in [1.54, 1.807) is 41.6 Å². The number of carbonyl (C=O) groups excluding carboxylic acids is 1. The third kappa shape index (κ3) is 3.99. The summed E-state index contributed by atoms with van der Waals surface area (Å²) in [5.74, 6) is -0.900. The topological polar surface area (TPSA) is 69.0 Å². The smallest absolute Gasteiger partial charge is 0.277 e. The van der Waals surface area contributed by atoms with Gasteiger partial charge in [0.25, 0.3) is 5.91 Å². The minimum absolute atomic E-state index is 0.0329. The number of amides is 1. The van der Waals surface area contributed by atoms with Crippen molar-refractivity contribution in [2.75, 3.05) is 12.4 Å². The van der Waals surface area contributed by atoms with Crippen LogP contribution >= 0.6 is 11.3 Å². The predicted molar refractivity (Wildman–Crippen MR) is 106 cm³/mol. The maximum Gasteiger partial charge on any atom is 0.277 e. The van der Waals surface area contributed by atoms with Gasteiger partial charge in [0.2, 0.25) is 0 Å². The van der Waals surface area contributed by atoms with Crippen molar-refractivity contribution in [2.24, 2.45) is 0 Å². The third-order valence-corrected chi connectivity index (χ3v) is 4.85. The maximum atomic E-state index is 13.9. The van der Waals surface area contributed by atoms with Gasteiger partial charge in [0.05, 0.1) is 18.5 Å². The van der Waals surface area contributed by atoms with Crippen LogP contribution in [0.5, 0.6) is 5.75 Å². The first-order valence-corrected chi connectivity index (χ1v) is 9.34. The van der Waals surface area contributed by atoms with E-state index in [-0.39, 0.29) is 22.1 Å². The second-order valence-electron chi connectivity index (χ2n) is 5.96. The zero-order chi connectivity index (χ0) is 20.4. The van der Waals surface area contributed by atoms with Gasteiger partial charge in [-0.3, -0.25) is 10.1 Å². The Bertz CT molecular complexity index is 1170. The molecule has 9 heteroatoms. The summed E-state index contributed by atoms with van der Waals surface area (Å²) in [4.78, 5) is 16.6. The van der Waals surface area contributed by atoms with Gasteiger partial charge in [0, 0.05) is 17.1 Å². The van der Waals surface area contributed by atoms with Crippen molar-refractivity contribution in [1.82, 2.24) is 14.8 Å². The van der Waals surface area contributed by atoms with Crippen molar-refractivity contribution in [2.45, 2.75) is 0 Å². The van der Waals surface area contributed by atoms with Crippen LogP contribution in [0.2, 0.25) is 0 Å². The highest BCUT2D eigenvalue weighted by atomic mass is 32.1. The van der Waals surface area contributed by atoms with Gasteiger partial charge in [0.15, 0.2) is 10.8 Å². The minimum Gasteiger partial charge on any atom is -0.497 e. The van der Waals surface area contributed by atoms with Crippen LogP contribution in [-0.2, 0) is 0 Å². The molecule has 2 heterocycles. The van der Waals surface area contributed by atoms with Gasteiger partial charge in [-0.05, 0) is 48.5 Å². The van der Waals surface area contributed by atoms with E-state index in [0.717, 1.165) is 35.2 Å². The number of ether oxygens (including phenoxy) is 1. The van der Waals surface area contributed by atoms with Gasteiger partial charge in [-0.25, -0.2) is 18.4 Å². The molecule has 0 unspecified atom stereocenters. The molecule has 2 aromatic carbocycles. The molecule has 146 valence electrons. The summed E-state index contributed by atoms with van der Waals surface area (Å²) in [5.41, 5.74) is 1.23. The van der Waals surface area contributed by atoms with Crippen molar-refractivity contribution >= 4 is 22.4 Å². The van der Waals surface area contributed by atoms with Gasteiger partial charge >= 0.3 is 0 Å². The van der Waals surface area contributed by atoms with Gasteiger partial charge in [-0.15, -0.1) is 11.3 Å². The molecule has 0 fully saturated rings. The Morgan fingerprint density at radius 3 is 2.69 bits per heavy atom. The lowest BCUT2D eigenvalue weighted by atomic mass is 10.1. The average Bonchev–Trinajstić information content (AvgIpc) is 3.40. The van der Waals surface area contributed by atoms with Gasteiger partial charge < -0.3 is 4.74 Å². The molecule has 4 aromatic rings. The molecule has 0 saturated carbocycles. The predicted octanol–water partition coefficient (Wildman–Crippen LogP) is 4.53. The number of hydrogen-bond donors (Lipinski definition) is 1. The van der Waals surface area contributed by atoms with Gasteiger partial charge in [0.1, 0.15) is 17.4 Å². The molecule has 29 heavy (non-hydrogen) atoms. The SMILES string of the molecule is COc1ccc(-n2ccc(C(=O)Nc3nc(-c4cc(F)ccc4F)cs3)n2)cc1. The van der Waals surface area contributed by atoms with Crippen LogP contribution in [0.4, 0.5) is 13.9 Å². The molecule has 0 saturated heterocycles. The summed E-state index contributed by atoms with van der Waals surface area (Å²) >= 11 is 1.11. The summed E-state index contributed by atoms with van der Waals surface area (Å²) in [5, 5.41) is 8.68. The highest BCUT2D eigenvalue weighted by molar-refractivity contribution is 7.14. The molecule has 6 nitrogen and oxygen atoms in total. The van der Waals surface area contributed by atoms with E-state index in [0.29, 0.717) is 5.75 Å². The van der Waals surface area contributed by atoms with Gasteiger partial charge in [-0.1, -0.05) is 0 Å². The molecule has 4 rings (SSSR count). The third-order valence-electron chi connectivity index (χ3n) is 4.09. The molecule has 0 aliphatic carbocycles. The highest BCUT2D eigenvalue weighted by Crippen LogP contribution is 2.28. The van der Waals surface area contributed by atoms with E-state index in [9.17, 15) is 13.6 Å². The van der Waals surface area contributed by atoms with Gasteiger partial charge in [-0.2, -0.15) is 5.10 Å². The lowest BCUT2D eigenvalue weighted by Crippen LogP contribution is -2.13. The number of carbonyl (C=O) groups is 1. The van der Waals surface area contributed by atoms with Crippen LogP contribution in [0, 0.1) is 11.6 Å². The Kier molecular flexibility index (Phi) is 5.05. The summed E-state index contributed by atoms with van der Waals surface area (Å²) in [6.07, 6.45) is 1.66. The maximum absolute atomic E-state index is 13.9. The molecule has 0 aliphatic heterocycles. The number of aromatic nitrogens is 3. The van der Waals surface area contributed by atoms with Crippen LogP contribution in [0.3, 0.4) is 0 Å². The quantitative estimate of drug-likeness (QED) is 0.523. The summed E-state index contributed by atoms with van der Waals surface area (Å²) in [6, 6.07) is 11.9. The van der Waals surface area contributed by atoms with Crippen LogP contribution < -0.4 is 10.1 Å².